The first-order valence-corrected chi connectivity index (χ1v) is 5.95. The number of thioether (sulfide) groups is 1. The van der Waals surface area contributed by atoms with Gasteiger partial charge >= 0.3 is 0 Å². The molecule has 0 aromatic carbocycles. The highest BCUT2D eigenvalue weighted by Gasteiger charge is 2.28. The maximum absolute atomic E-state index is 4.07. The fourth-order valence-corrected chi connectivity index (χ4v) is 3.26. The predicted molar refractivity (Wildman–Crippen MR) is 58.1 cm³/mol. The molecule has 1 saturated heterocycles. The minimum absolute atomic E-state index is 0.411. The monoisotopic (exact) mass is 193 g/mol. The summed E-state index contributed by atoms with van der Waals surface area (Å²) in [5.41, 5.74) is 1.87. The zero-order valence-electron chi connectivity index (χ0n) is 7.99. The maximum Gasteiger partial charge on any atom is 0.0270 e. The fourth-order valence-electron chi connectivity index (χ4n) is 1.86. The Bertz CT molecular complexity index is 265. The highest BCUT2D eigenvalue weighted by molar-refractivity contribution is 7.99. The molecule has 0 spiro atoms. The summed E-state index contributed by atoms with van der Waals surface area (Å²) in [5, 5.41) is 0. The Morgan fingerprint density at radius 3 is 2.46 bits per heavy atom. The summed E-state index contributed by atoms with van der Waals surface area (Å²) < 4.78 is 0. The van der Waals surface area contributed by atoms with Gasteiger partial charge in [-0.15, -0.1) is 0 Å². The van der Waals surface area contributed by atoms with E-state index in [9.17, 15) is 0 Å². The molecule has 1 aromatic heterocycles. The molecule has 0 saturated carbocycles. The molecule has 1 nitrogen and oxygen atoms in total. The van der Waals surface area contributed by atoms with Crippen LogP contribution in [0.15, 0.2) is 24.5 Å². The molecule has 0 unspecified atom stereocenters. The Labute approximate surface area is 84.0 Å². The molecule has 0 N–H and O–H groups in total. The predicted octanol–water partition coefficient (Wildman–Crippen LogP) is 2.87. The fraction of sp³-hybridized carbons (Fsp3) is 0.545. The van der Waals surface area contributed by atoms with E-state index in [0.29, 0.717) is 5.41 Å². The van der Waals surface area contributed by atoms with E-state index < -0.39 is 0 Å². The summed E-state index contributed by atoms with van der Waals surface area (Å²) in [7, 11) is 0. The number of nitrogens with zero attached hydrogens (tertiary/aromatic N) is 1. The van der Waals surface area contributed by atoms with E-state index in [4.69, 9.17) is 0 Å². The van der Waals surface area contributed by atoms with E-state index in [-0.39, 0.29) is 0 Å². The lowest BCUT2D eigenvalue weighted by Crippen LogP contribution is -2.27. The Morgan fingerprint density at radius 1 is 1.23 bits per heavy atom. The van der Waals surface area contributed by atoms with E-state index >= 15 is 0 Å². The van der Waals surface area contributed by atoms with Crippen molar-refractivity contribution in [1.29, 1.82) is 0 Å². The van der Waals surface area contributed by atoms with Crippen LogP contribution in [0.1, 0.15) is 25.3 Å². The van der Waals surface area contributed by atoms with Crippen LogP contribution in [-0.2, 0) is 5.41 Å². The SMILES string of the molecule is CC1(c2ccncc2)CCSCC1. The zero-order valence-corrected chi connectivity index (χ0v) is 8.81. The van der Waals surface area contributed by atoms with Gasteiger partial charge in [-0.05, 0) is 47.5 Å². The molecule has 1 aromatic rings. The molecule has 2 rings (SSSR count). The van der Waals surface area contributed by atoms with Crippen molar-refractivity contribution in [2.24, 2.45) is 0 Å². The van der Waals surface area contributed by atoms with Gasteiger partial charge in [0.05, 0.1) is 0 Å². The molecule has 1 aliphatic heterocycles. The van der Waals surface area contributed by atoms with Crippen LogP contribution in [0.3, 0.4) is 0 Å². The maximum atomic E-state index is 4.07. The van der Waals surface area contributed by atoms with Crippen LogP contribution in [-0.4, -0.2) is 16.5 Å². The van der Waals surface area contributed by atoms with E-state index in [1.165, 1.54) is 29.9 Å². The Hall–Kier alpha value is -0.500. The molecule has 0 bridgehead atoms. The largest absolute Gasteiger partial charge is 0.265 e. The van der Waals surface area contributed by atoms with Crippen molar-refractivity contribution in [3.8, 4) is 0 Å². The minimum Gasteiger partial charge on any atom is -0.265 e. The summed E-state index contributed by atoms with van der Waals surface area (Å²) in [6, 6.07) is 4.33. The third-order valence-electron chi connectivity index (χ3n) is 2.97. The molecule has 0 amide bonds. The second kappa shape index (κ2) is 3.70. The van der Waals surface area contributed by atoms with Gasteiger partial charge in [0.15, 0.2) is 0 Å². The number of rotatable bonds is 1. The average molecular weight is 193 g/mol. The van der Waals surface area contributed by atoms with E-state index in [2.05, 4.69) is 35.8 Å². The molecule has 0 atom stereocenters. The molecule has 0 aliphatic carbocycles. The third kappa shape index (κ3) is 1.88. The van der Waals surface area contributed by atoms with Gasteiger partial charge in [0.2, 0.25) is 0 Å². The van der Waals surface area contributed by atoms with Gasteiger partial charge < -0.3 is 0 Å². The first kappa shape index (κ1) is 9.07. The lowest BCUT2D eigenvalue weighted by molar-refractivity contribution is 0.436. The smallest absolute Gasteiger partial charge is 0.0270 e. The van der Waals surface area contributed by atoms with Crippen molar-refractivity contribution in [2.45, 2.75) is 25.2 Å². The van der Waals surface area contributed by atoms with E-state index in [0.717, 1.165) is 0 Å². The van der Waals surface area contributed by atoms with E-state index in [1.54, 1.807) is 0 Å². The van der Waals surface area contributed by atoms with Crippen LogP contribution in [0, 0.1) is 0 Å². The number of hydrogen-bond donors (Lipinski definition) is 0. The third-order valence-corrected chi connectivity index (χ3v) is 3.96. The number of hydrogen-bond acceptors (Lipinski definition) is 2. The van der Waals surface area contributed by atoms with Gasteiger partial charge in [-0.3, -0.25) is 4.98 Å². The lowest BCUT2D eigenvalue weighted by Gasteiger charge is -2.33. The Kier molecular flexibility index (Phi) is 2.58. The van der Waals surface area contributed by atoms with Crippen LogP contribution in [0.5, 0.6) is 0 Å². The van der Waals surface area contributed by atoms with Crippen molar-refractivity contribution in [3.05, 3.63) is 30.1 Å². The van der Waals surface area contributed by atoms with Gasteiger partial charge in [0, 0.05) is 12.4 Å². The van der Waals surface area contributed by atoms with Crippen LogP contribution in [0.4, 0.5) is 0 Å². The molecular formula is C11H15NS. The normalized spacial score (nSPS) is 21.3. The number of aromatic nitrogens is 1. The molecule has 1 fully saturated rings. The summed E-state index contributed by atoms with van der Waals surface area (Å²) in [5.74, 6) is 2.61. The van der Waals surface area contributed by atoms with Gasteiger partial charge in [-0.25, -0.2) is 0 Å². The molecule has 2 heterocycles. The minimum atomic E-state index is 0.411. The summed E-state index contributed by atoms with van der Waals surface area (Å²) in [6.07, 6.45) is 6.42. The molecule has 1 aliphatic rings. The molecule has 2 heteroatoms. The van der Waals surface area contributed by atoms with E-state index in [1.807, 2.05) is 12.4 Å². The second-order valence-electron chi connectivity index (χ2n) is 3.91. The molecule has 13 heavy (non-hydrogen) atoms. The zero-order chi connectivity index (χ0) is 9.15. The molecule has 70 valence electrons. The van der Waals surface area contributed by atoms with Gasteiger partial charge in [0.1, 0.15) is 0 Å². The van der Waals surface area contributed by atoms with Crippen molar-refractivity contribution in [1.82, 2.24) is 4.98 Å². The average Bonchev–Trinajstić information content (AvgIpc) is 2.20. The van der Waals surface area contributed by atoms with Gasteiger partial charge in [-0.1, -0.05) is 6.92 Å². The summed E-state index contributed by atoms with van der Waals surface area (Å²) >= 11 is 2.08. The topological polar surface area (TPSA) is 12.9 Å². The van der Waals surface area contributed by atoms with Crippen molar-refractivity contribution in [3.63, 3.8) is 0 Å². The highest BCUT2D eigenvalue weighted by Crippen LogP contribution is 2.37. The quantitative estimate of drug-likeness (QED) is 0.680. The Balaban J connectivity index is 2.23. The summed E-state index contributed by atoms with van der Waals surface area (Å²) in [6.45, 7) is 2.38. The number of pyridine rings is 1. The Morgan fingerprint density at radius 2 is 1.85 bits per heavy atom. The standard InChI is InChI=1S/C11H15NS/c1-11(4-8-13-9-5-11)10-2-6-12-7-3-10/h2-3,6-7H,4-5,8-9H2,1H3. The highest BCUT2D eigenvalue weighted by atomic mass is 32.2. The van der Waals surface area contributed by atoms with Crippen molar-refractivity contribution < 1.29 is 0 Å². The van der Waals surface area contributed by atoms with Gasteiger partial charge in [-0.2, -0.15) is 11.8 Å². The van der Waals surface area contributed by atoms with Crippen LogP contribution in [0.2, 0.25) is 0 Å². The lowest BCUT2D eigenvalue weighted by atomic mass is 9.78. The van der Waals surface area contributed by atoms with Gasteiger partial charge in [0.25, 0.3) is 0 Å². The van der Waals surface area contributed by atoms with Crippen LogP contribution in [0.25, 0.3) is 0 Å². The first-order valence-electron chi connectivity index (χ1n) is 4.79. The summed E-state index contributed by atoms with van der Waals surface area (Å²) in [4.78, 5) is 4.07. The van der Waals surface area contributed by atoms with Crippen molar-refractivity contribution >= 4 is 11.8 Å². The van der Waals surface area contributed by atoms with Crippen LogP contribution < -0.4 is 0 Å². The van der Waals surface area contributed by atoms with Crippen molar-refractivity contribution in [2.75, 3.05) is 11.5 Å². The molecule has 0 radical (unpaired) electrons. The molecular weight excluding hydrogens is 178 g/mol. The first-order chi connectivity index (χ1) is 6.31. The van der Waals surface area contributed by atoms with Crippen LogP contribution >= 0.6 is 11.8 Å². The second-order valence-corrected chi connectivity index (χ2v) is 5.13.